The molecule has 1 rings (SSSR count). The number of hydrogen-bond acceptors (Lipinski definition) is 4. The summed E-state index contributed by atoms with van der Waals surface area (Å²) >= 11 is 3.39. The van der Waals surface area contributed by atoms with Crippen LogP contribution < -0.4 is 5.32 Å². The summed E-state index contributed by atoms with van der Waals surface area (Å²) in [5.74, 6) is 0. The molecule has 0 aliphatic carbocycles. The zero-order valence-corrected chi connectivity index (χ0v) is 12.0. The van der Waals surface area contributed by atoms with E-state index in [0.29, 0.717) is 25.4 Å². The fourth-order valence-electron chi connectivity index (χ4n) is 1.40. The molecule has 18 heavy (non-hydrogen) atoms. The first-order valence-electron chi connectivity index (χ1n) is 5.78. The van der Waals surface area contributed by atoms with Crippen molar-refractivity contribution in [2.75, 3.05) is 38.8 Å². The van der Waals surface area contributed by atoms with Gasteiger partial charge < -0.3 is 14.8 Å². The molecule has 0 spiro atoms. The standard InChI is InChI=1S/C13H17BrN2O2/c1-17-7-8-18-6-2-5-16-13-9-12(14)4-3-11(13)10-15/h3-4,9,16H,2,5-8H2,1H3. The fourth-order valence-corrected chi connectivity index (χ4v) is 1.76. The second-order valence-electron chi connectivity index (χ2n) is 3.69. The van der Waals surface area contributed by atoms with Gasteiger partial charge in [0, 0.05) is 24.7 Å². The molecule has 4 nitrogen and oxygen atoms in total. The van der Waals surface area contributed by atoms with E-state index in [1.807, 2.05) is 12.1 Å². The van der Waals surface area contributed by atoms with E-state index in [0.717, 1.165) is 23.1 Å². The van der Waals surface area contributed by atoms with Crippen molar-refractivity contribution in [2.24, 2.45) is 0 Å². The fraction of sp³-hybridized carbons (Fsp3) is 0.462. The molecule has 0 radical (unpaired) electrons. The van der Waals surface area contributed by atoms with Gasteiger partial charge in [-0.2, -0.15) is 5.26 Å². The second kappa shape index (κ2) is 8.92. The van der Waals surface area contributed by atoms with Crippen LogP contribution in [0, 0.1) is 11.3 Å². The van der Waals surface area contributed by atoms with Crippen LogP contribution in [-0.2, 0) is 9.47 Å². The molecule has 5 heteroatoms. The lowest BCUT2D eigenvalue weighted by molar-refractivity contribution is 0.0705. The first-order chi connectivity index (χ1) is 8.77. The number of nitrogens with one attached hydrogen (secondary N) is 1. The Morgan fingerprint density at radius 3 is 2.89 bits per heavy atom. The van der Waals surface area contributed by atoms with E-state index in [1.54, 1.807) is 13.2 Å². The SMILES string of the molecule is COCCOCCCNc1cc(Br)ccc1C#N. The maximum Gasteiger partial charge on any atom is 0.101 e. The highest BCUT2D eigenvalue weighted by molar-refractivity contribution is 9.10. The molecule has 0 unspecified atom stereocenters. The molecule has 0 saturated carbocycles. The Balaban J connectivity index is 2.27. The third-order valence-corrected chi connectivity index (χ3v) is 2.81. The van der Waals surface area contributed by atoms with Crippen LogP contribution in [0.2, 0.25) is 0 Å². The molecule has 0 atom stereocenters. The molecule has 98 valence electrons. The number of nitrogens with zero attached hydrogens (tertiary/aromatic N) is 1. The van der Waals surface area contributed by atoms with Crippen molar-refractivity contribution in [3.63, 3.8) is 0 Å². The molecule has 0 fully saturated rings. The van der Waals surface area contributed by atoms with Gasteiger partial charge in [-0.3, -0.25) is 0 Å². The first-order valence-corrected chi connectivity index (χ1v) is 6.57. The monoisotopic (exact) mass is 312 g/mol. The average Bonchev–Trinajstić information content (AvgIpc) is 2.38. The minimum absolute atomic E-state index is 0.622. The number of rotatable bonds is 8. The summed E-state index contributed by atoms with van der Waals surface area (Å²) in [6, 6.07) is 7.72. The summed E-state index contributed by atoms with van der Waals surface area (Å²) < 4.78 is 11.2. The van der Waals surface area contributed by atoms with Crippen LogP contribution in [0.5, 0.6) is 0 Å². The molecule has 0 aliphatic heterocycles. The number of halogens is 1. The van der Waals surface area contributed by atoms with Gasteiger partial charge in [0.1, 0.15) is 6.07 Å². The molecule has 0 aliphatic rings. The molecule has 0 bridgehead atoms. The highest BCUT2D eigenvalue weighted by Crippen LogP contribution is 2.20. The topological polar surface area (TPSA) is 54.3 Å². The van der Waals surface area contributed by atoms with Crippen molar-refractivity contribution in [3.8, 4) is 6.07 Å². The van der Waals surface area contributed by atoms with Crippen molar-refractivity contribution in [1.82, 2.24) is 0 Å². The van der Waals surface area contributed by atoms with E-state index < -0.39 is 0 Å². The summed E-state index contributed by atoms with van der Waals surface area (Å²) in [6.07, 6.45) is 0.890. The Labute approximate surface area is 116 Å². The van der Waals surface area contributed by atoms with Crippen molar-refractivity contribution >= 4 is 21.6 Å². The summed E-state index contributed by atoms with van der Waals surface area (Å²) in [6.45, 7) is 2.71. The molecule has 1 N–H and O–H groups in total. The smallest absolute Gasteiger partial charge is 0.101 e. The van der Waals surface area contributed by atoms with Gasteiger partial charge in [0.05, 0.1) is 24.5 Å². The Kier molecular flexibility index (Phi) is 7.42. The van der Waals surface area contributed by atoms with E-state index in [2.05, 4.69) is 27.3 Å². The van der Waals surface area contributed by atoms with Gasteiger partial charge >= 0.3 is 0 Å². The zero-order valence-electron chi connectivity index (χ0n) is 10.4. The Morgan fingerprint density at radius 2 is 2.17 bits per heavy atom. The van der Waals surface area contributed by atoms with Crippen LogP contribution in [0.4, 0.5) is 5.69 Å². The maximum atomic E-state index is 8.97. The van der Waals surface area contributed by atoms with E-state index in [9.17, 15) is 0 Å². The Bertz CT molecular complexity index is 404. The van der Waals surface area contributed by atoms with E-state index in [-0.39, 0.29) is 0 Å². The lowest BCUT2D eigenvalue weighted by Crippen LogP contribution is -2.09. The number of nitriles is 1. The van der Waals surface area contributed by atoms with Crippen LogP contribution in [0.25, 0.3) is 0 Å². The van der Waals surface area contributed by atoms with Gasteiger partial charge in [0.25, 0.3) is 0 Å². The van der Waals surface area contributed by atoms with Crippen LogP contribution in [0.15, 0.2) is 22.7 Å². The molecule has 0 heterocycles. The van der Waals surface area contributed by atoms with Crippen molar-refractivity contribution in [2.45, 2.75) is 6.42 Å². The molecular weight excluding hydrogens is 296 g/mol. The normalized spacial score (nSPS) is 10.1. The summed E-state index contributed by atoms with van der Waals surface area (Å²) in [4.78, 5) is 0. The highest BCUT2D eigenvalue weighted by Gasteiger charge is 2.01. The molecule has 1 aromatic rings. The molecule has 0 saturated heterocycles. The average molecular weight is 313 g/mol. The van der Waals surface area contributed by atoms with Crippen LogP contribution in [0.1, 0.15) is 12.0 Å². The minimum Gasteiger partial charge on any atom is -0.384 e. The van der Waals surface area contributed by atoms with Crippen LogP contribution in [-0.4, -0.2) is 33.5 Å². The summed E-state index contributed by atoms with van der Waals surface area (Å²) in [5, 5.41) is 12.2. The third-order valence-electron chi connectivity index (χ3n) is 2.31. The van der Waals surface area contributed by atoms with E-state index in [4.69, 9.17) is 14.7 Å². The zero-order chi connectivity index (χ0) is 13.2. The minimum atomic E-state index is 0.622. The van der Waals surface area contributed by atoms with Gasteiger partial charge in [-0.15, -0.1) is 0 Å². The highest BCUT2D eigenvalue weighted by atomic mass is 79.9. The predicted molar refractivity (Wildman–Crippen MR) is 74.7 cm³/mol. The lowest BCUT2D eigenvalue weighted by Gasteiger charge is -2.09. The summed E-state index contributed by atoms with van der Waals surface area (Å²) in [7, 11) is 1.65. The number of methoxy groups -OCH3 is 1. The van der Waals surface area contributed by atoms with Crippen molar-refractivity contribution in [3.05, 3.63) is 28.2 Å². The lowest BCUT2D eigenvalue weighted by atomic mass is 10.2. The molecule has 0 amide bonds. The van der Waals surface area contributed by atoms with Gasteiger partial charge in [0.2, 0.25) is 0 Å². The number of hydrogen-bond donors (Lipinski definition) is 1. The maximum absolute atomic E-state index is 8.97. The molecule has 0 aromatic heterocycles. The van der Waals surface area contributed by atoms with Gasteiger partial charge in [-0.05, 0) is 24.6 Å². The number of ether oxygens (including phenoxy) is 2. The largest absolute Gasteiger partial charge is 0.384 e. The van der Waals surface area contributed by atoms with Crippen LogP contribution in [0.3, 0.4) is 0 Å². The molecule has 1 aromatic carbocycles. The number of benzene rings is 1. The number of anilines is 1. The van der Waals surface area contributed by atoms with Gasteiger partial charge in [-0.1, -0.05) is 15.9 Å². The summed E-state index contributed by atoms with van der Waals surface area (Å²) in [5.41, 5.74) is 1.50. The van der Waals surface area contributed by atoms with Gasteiger partial charge in [-0.25, -0.2) is 0 Å². The Hall–Kier alpha value is -1.09. The van der Waals surface area contributed by atoms with E-state index >= 15 is 0 Å². The van der Waals surface area contributed by atoms with Crippen molar-refractivity contribution < 1.29 is 9.47 Å². The Morgan fingerprint density at radius 1 is 1.33 bits per heavy atom. The second-order valence-corrected chi connectivity index (χ2v) is 4.60. The van der Waals surface area contributed by atoms with Gasteiger partial charge in [0.15, 0.2) is 0 Å². The third kappa shape index (κ3) is 5.50. The van der Waals surface area contributed by atoms with Crippen molar-refractivity contribution in [1.29, 1.82) is 5.26 Å². The quantitative estimate of drug-likeness (QED) is 0.750. The first kappa shape index (κ1) is 15.0. The molecular formula is C13H17BrN2O2. The predicted octanol–water partition coefficient (Wildman–Crippen LogP) is 2.79. The van der Waals surface area contributed by atoms with E-state index in [1.165, 1.54) is 0 Å². The van der Waals surface area contributed by atoms with Crippen LogP contribution >= 0.6 is 15.9 Å².